The standard InChI is InChI=1S/C10H7NO2.C3H4O2/c1-2-6-4-3-5-7-8(6)10(13)11-9(7)12;1-2-3(4)5/h2-5H,1H2,(H,11,12,13);2H,1H2,(H,4,5). The first kappa shape index (κ1) is 13.4. The van der Waals surface area contributed by atoms with E-state index in [2.05, 4.69) is 18.5 Å². The number of carboxylic acids is 1. The highest BCUT2D eigenvalue weighted by molar-refractivity contribution is 6.22. The number of carboxylic acid groups (broad SMARTS) is 1. The van der Waals surface area contributed by atoms with E-state index >= 15 is 0 Å². The number of imide groups is 1. The molecule has 18 heavy (non-hydrogen) atoms. The van der Waals surface area contributed by atoms with Gasteiger partial charge < -0.3 is 5.11 Å². The molecule has 0 aliphatic carbocycles. The van der Waals surface area contributed by atoms with E-state index in [9.17, 15) is 14.4 Å². The minimum Gasteiger partial charge on any atom is -0.478 e. The Balaban J connectivity index is 0.000000280. The summed E-state index contributed by atoms with van der Waals surface area (Å²) < 4.78 is 0. The summed E-state index contributed by atoms with van der Waals surface area (Å²) >= 11 is 0. The summed E-state index contributed by atoms with van der Waals surface area (Å²) in [7, 11) is 0. The molecule has 1 aromatic rings. The maximum Gasteiger partial charge on any atom is 0.327 e. The molecule has 5 heteroatoms. The van der Waals surface area contributed by atoms with Gasteiger partial charge in [-0.1, -0.05) is 31.4 Å². The van der Waals surface area contributed by atoms with Gasteiger partial charge in [-0.15, -0.1) is 0 Å². The molecule has 0 saturated heterocycles. The molecular weight excluding hydrogens is 234 g/mol. The van der Waals surface area contributed by atoms with Gasteiger partial charge in [-0.05, 0) is 11.6 Å². The van der Waals surface area contributed by atoms with Crippen LogP contribution in [0.25, 0.3) is 6.08 Å². The van der Waals surface area contributed by atoms with Gasteiger partial charge in [0.2, 0.25) is 0 Å². The van der Waals surface area contributed by atoms with Crippen LogP contribution in [-0.2, 0) is 4.79 Å². The molecule has 2 N–H and O–H groups in total. The molecule has 1 aromatic carbocycles. The summed E-state index contributed by atoms with van der Waals surface area (Å²) in [6.07, 6.45) is 2.40. The third-order valence-corrected chi connectivity index (χ3v) is 2.19. The molecule has 0 saturated carbocycles. The van der Waals surface area contributed by atoms with Gasteiger partial charge in [-0.25, -0.2) is 4.79 Å². The number of rotatable bonds is 2. The van der Waals surface area contributed by atoms with Crippen molar-refractivity contribution in [1.82, 2.24) is 5.32 Å². The van der Waals surface area contributed by atoms with Gasteiger partial charge >= 0.3 is 5.97 Å². The lowest BCUT2D eigenvalue weighted by Gasteiger charge is -1.97. The molecule has 1 heterocycles. The van der Waals surface area contributed by atoms with Crippen molar-refractivity contribution in [2.24, 2.45) is 0 Å². The quantitative estimate of drug-likeness (QED) is 0.610. The zero-order chi connectivity index (χ0) is 13.7. The third-order valence-electron chi connectivity index (χ3n) is 2.19. The Morgan fingerprint density at radius 1 is 1.22 bits per heavy atom. The summed E-state index contributed by atoms with van der Waals surface area (Å²) in [5.74, 6) is -1.65. The van der Waals surface area contributed by atoms with Gasteiger partial charge in [0.15, 0.2) is 0 Å². The first-order chi connectivity index (χ1) is 8.51. The lowest BCUT2D eigenvalue weighted by molar-refractivity contribution is -0.131. The van der Waals surface area contributed by atoms with Gasteiger partial charge in [0.05, 0.1) is 11.1 Å². The van der Waals surface area contributed by atoms with Crippen LogP contribution in [0.5, 0.6) is 0 Å². The van der Waals surface area contributed by atoms with Crippen LogP contribution in [0.3, 0.4) is 0 Å². The number of fused-ring (bicyclic) bond motifs is 1. The molecule has 1 aliphatic rings. The Morgan fingerprint density at radius 3 is 2.33 bits per heavy atom. The van der Waals surface area contributed by atoms with Gasteiger partial charge in [0.1, 0.15) is 0 Å². The molecule has 2 amide bonds. The largest absolute Gasteiger partial charge is 0.478 e. The molecule has 0 radical (unpaired) electrons. The zero-order valence-corrected chi connectivity index (χ0v) is 9.47. The average molecular weight is 245 g/mol. The fourth-order valence-corrected chi connectivity index (χ4v) is 1.42. The fraction of sp³-hybridized carbons (Fsp3) is 0. The van der Waals surface area contributed by atoms with Crippen LogP contribution in [0.4, 0.5) is 0 Å². The molecule has 0 fully saturated rings. The predicted octanol–water partition coefficient (Wildman–Crippen LogP) is 1.47. The summed E-state index contributed by atoms with van der Waals surface area (Å²) in [6.45, 7) is 6.54. The monoisotopic (exact) mass is 245 g/mol. The summed E-state index contributed by atoms with van der Waals surface area (Å²) in [6, 6.07) is 5.11. The van der Waals surface area contributed by atoms with Crippen LogP contribution in [0.15, 0.2) is 37.4 Å². The minimum absolute atomic E-state index is 0.330. The van der Waals surface area contributed by atoms with E-state index < -0.39 is 5.97 Å². The topological polar surface area (TPSA) is 83.5 Å². The Morgan fingerprint density at radius 2 is 1.83 bits per heavy atom. The van der Waals surface area contributed by atoms with E-state index in [0.29, 0.717) is 16.7 Å². The number of aliphatic carboxylic acids is 1. The van der Waals surface area contributed by atoms with Crippen molar-refractivity contribution >= 4 is 23.9 Å². The van der Waals surface area contributed by atoms with E-state index in [0.717, 1.165) is 6.08 Å². The second-order valence-electron chi connectivity index (χ2n) is 3.30. The van der Waals surface area contributed by atoms with Crippen LogP contribution in [0.1, 0.15) is 26.3 Å². The first-order valence-electron chi connectivity index (χ1n) is 4.97. The number of hydrogen-bond donors (Lipinski definition) is 2. The van der Waals surface area contributed by atoms with Crippen molar-refractivity contribution < 1.29 is 19.5 Å². The SMILES string of the molecule is C=CC(=O)O.C=Cc1cccc2c1C(=O)NC2=O. The molecule has 1 aliphatic heterocycles. The first-order valence-corrected chi connectivity index (χ1v) is 4.97. The Labute approximate surface area is 103 Å². The molecule has 0 spiro atoms. The van der Waals surface area contributed by atoms with Crippen LogP contribution in [0, 0.1) is 0 Å². The van der Waals surface area contributed by atoms with Crippen molar-refractivity contribution in [2.75, 3.05) is 0 Å². The fourth-order valence-electron chi connectivity index (χ4n) is 1.42. The van der Waals surface area contributed by atoms with E-state index in [1.807, 2.05) is 0 Å². The molecule has 0 bridgehead atoms. The average Bonchev–Trinajstić information content (AvgIpc) is 2.66. The van der Waals surface area contributed by atoms with E-state index in [4.69, 9.17) is 5.11 Å². The Bertz CT molecular complexity index is 546. The Hall–Kier alpha value is -2.69. The van der Waals surface area contributed by atoms with Crippen molar-refractivity contribution in [1.29, 1.82) is 0 Å². The minimum atomic E-state index is -0.981. The number of carbonyl (C=O) groups is 3. The van der Waals surface area contributed by atoms with E-state index in [-0.39, 0.29) is 11.8 Å². The summed E-state index contributed by atoms with van der Waals surface area (Å²) in [5, 5.41) is 9.84. The van der Waals surface area contributed by atoms with Gasteiger partial charge in [-0.2, -0.15) is 0 Å². The van der Waals surface area contributed by atoms with Crippen molar-refractivity contribution in [2.45, 2.75) is 0 Å². The molecule has 2 rings (SSSR count). The highest BCUT2D eigenvalue weighted by Crippen LogP contribution is 2.20. The number of amides is 2. The smallest absolute Gasteiger partial charge is 0.327 e. The normalized spacial score (nSPS) is 11.8. The third kappa shape index (κ3) is 2.70. The van der Waals surface area contributed by atoms with Crippen molar-refractivity contribution in [3.8, 4) is 0 Å². The molecule has 0 atom stereocenters. The summed E-state index contributed by atoms with van der Waals surface area (Å²) in [5.41, 5.74) is 1.56. The van der Waals surface area contributed by atoms with Crippen molar-refractivity contribution in [3.63, 3.8) is 0 Å². The second-order valence-corrected chi connectivity index (χ2v) is 3.30. The lowest BCUT2D eigenvalue weighted by atomic mass is 10.0. The Kier molecular flexibility index (Phi) is 4.15. The second kappa shape index (κ2) is 5.58. The predicted molar refractivity (Wildman–Crippen MR) is 66.2 cm³/mol. The van der Waals surface area contributed by atoms with Crippen LogP contribution >= 0.6 is 0 Å². The van der Waals surface area contributed by atoms with E-state index in [1.54, 1.807) is 24.3 Å². The number of benzene rings is 1. The molecule has 92 valence electrons. The number of carbonyl (C=O) groups excluding carboxylic acids is 2. The van der Waals surface area contributed by atoms with E-state index in [1.165, 1.54) is 0 Å². The van der Waals surface area contributed by atoms with Gasteiger partial charge in [0, 0.05) is 6.08 Å². The molecule has 5 nitrogen and oxygen atoms in total. The zero-order valence-electron chi connectivity index (χ0n) is 9.47. The lowest BCUT2D eigenvalue weighted by Crippen LogP contribution is -2.20. The maximum atomic E-state index is 11.3. The van der Waals surface area contributed by atoms with Crippen LogP contribution in [-0.4, -0.2) is 22.9 Å². The van der Waals surface area contributed by atoms with Gasteiger partial charge in [-0.3, -0.25) is 14.9 Å². The van der Waals surface area contributed by atoms with Crippen LogP contribution < -0.4 is 5.32 Å². The summed E-state index contributed by atoms with van der Waals surface area (Å²) in [4.78, 5) is 31.7. The highest BCUT2D eigenvalue weighted by Gasteiger charge is 2.27. The number of nitrogens with one attached hydrogen (secondary N) is 1. The molecule has 0 aromatic heterocycles. The van der Waals surface area contributed by atoms with Gasteiger partial charge in [0.25, 0.3) is 11.8 Å². The van der Waals surface area contributed by atoms with Crippen LogP contribution in [0.2, 0.25) is 0 Å². The molecule has 0 unspecified atom stereocenters. The number of hydrogen-bond acceptors (Lipinski definition) is 3. The van der Waals surface area contributed by atoms with Crippen molar-refractivity contribution in [3.05, 3.63) is 54.1 Å². The molecular formula is C13H11NO4. The maximum absolute atomic E-state index is 11.3. The highest BCUT2D eigenvalue weighted by atomic mass is 16.4.